The lowest BCUT2D eigenvalue weighted by Crippen LogP contribution is -2.52. The predicted molar refractivity (Wildman–Crippen MR) is 129 cm³/mol. The van der Waals surface area contributed by atoms with Gasteiger partial charge in [-0.05, 0) is 61.9 Å². The molecule has 0 spiro atoms. The van der Waals surface area contributed by atoms with E-state index in [2.05, 4.69) is 5.32 Å². The van der Waals surface area contributed by atoms with Crippen LogP contribution in [0, 0.1) is 5.82 Å². The molecule has 1 unspecified atom stereocenters. The highest BCUT2D eigenvalue weighted by Gasteiger charge is 2.39. The maximum Gasteiger partial charge on any atom is 0.320 e. The molecule has 6 nitrogen and oxygen atoms in total. The van der Waals surface area contributed by atoms with Crippen molar-refractivity contribution in [3.05, 3.63) is 52.7 Å². The largest absolute Gasteiger partial charge is 0.496 e. The van der Waals surface area contributed by atoms with Gasteiger partial charge < -0.3 is 19.7 Å². The summed E-state index contributed by atoms with van der Waals surface area (Å²) in [6.45, 7) is 5.52. The second kappa shape index (κ2) is 8.74. The molecule has 0 saturated carbocycles. The van der Waals surface area contributed by atoms with Crippen LogP contribution < -0.4 is 15.0 Å². The number of benzene rings is 2. The maximum absolute atomic E-state index is 14.2. The molecule has 8 heteroatoms. The van der Waals surface area contributed by atoms with Crippen LogP contribution in [-0.4, -0.2) is 36.8 Å². The molecule has 2 heterocycles. The Morgan fingerprint density at radius 3 is 2.70 bits per heavy atom. The fourth-order valence-electron chi connectivity index (χ4n) is 4.29. The number of methoxy groups -OCH3 is 1. The van der Waals surface area contributed by atoms with E-state index < -0.39 is 11.4 Å². The summed E-state index contributed by atoms with van der Waals surface area (Å²) >= 11 is 1.49. The average Bonchev–Trinajstić information content (AvgIpc) is 3.21. The molecule has 0 aliphatic carbocycles. The minimum absolute atomic E-state index is 0.0627. The van der Waals surface area contributed by atoms with Crippen molar-refractivity contribution in [2.24, 2.45) is 0 Å². The number of carbonyl (C=O) groups excluding carboxylic acids is 2. The number of carbonyl (C=O) groups is 2. The summed E-state index contributed by atoms with van der Waals surface area (Å²) in [5.74, 6) is -0.384. The smallest absolute Gasteiger partial charge is 0.320 e. The summed E-state index contributed by atoms with van der Waals surface area (Å²) in [5.41, 5.74) is 2.30. The van der Waals surface area contributed by atoms with Gasteiger partial charge in [-0.3, -0.25) is 9.59 Å². The minimum Gasteiger partial charge on any atom is -0.496 e. The number of hydrogen-bond donors (Lipinski definition) is 1. The fraction of sp³-hybridized carbons (Fsp3) is 0.360. The minimum atomic E-state index is -0.794. The molecule has 2 aromatic carbocycles. The van der Waals surface area contributed by atoms with Crippen LogP contribution in [0.3, 0.4) is 0 Å². The van der Waals surface area contributed by atoms with E-state index in [1.165, 1.54) is 31.0 Å². The number of esters is 1. The zero-order valence-corrected chi connectivity index (χ0v) is 20.1. The number of hydrogen-bond acceptors (Lipinski definition) is 6. The summed E-state index contributed by atoms with van der Waals surface area (Å²) < 4.78 is 25.4. The SMILES string of the molecule is COc1ccc(F)cc1-c1ccc2c(c1COC(=O)C1CC=C(C)S1)N(C)C(=O)C(C)(C)N2. The Morgan fingerprint density at radius 2 is 2.03 bits per heavy atom. The van der Waals surface area contributed by atoms with Gasteiger partial charge >= 0.3 is 5.97 Å². The number of anilines is 2. The Morgan fingerprint density at radius 1 is 1.27 bits per heavy atom. The summed E-state index contributed by atoms with van der Waals surface area (Å²) in [7, 11) is 3.21. The quantitative estimate of drug-likeness (QED) is 0.612. The normalized spacial score (nSPS) is 19.0. The first-order valence-electron chi connectivity index (χ1n) is 10.7. The first kappa shape index (κ1) is 23.2. The number of thioether (sulfide) groups is 1. The van der Waals surface area contributed by atoms with E-state index in [0.29, 0.717) is 34.5 Å². The van der Waals surface area contributed by atoms with Crippen molar-refractivity contribution in [2.75, 3.05) is 24.4 Å². The van der Waals surface area contributed by atoms with E-state index in [4.69, 9.17) is 9.47 Å². The van der Waals surface area contributed by atoms with Crippen LogP contribution in [0.25, 0.3) is 11.1 Å². The van der Waals surface area contributed by atoms with Crippen LogP contribution in [0.4, 0.5) is 15.8 Å². The first-order chi connectivity index (χ1) is 15.6. The molecule has 2 aromatic rings. The predicted octanol–water partition coefficient (Wildman–Crippen LogP) is 5.12. The molecule has 0 saturated heterocycles. The number of nitrogens with one attached hydrogen (secondary N) is 1. The number of likely N-dealkylation sites (N-methyl/N-ethyl adjacent to an activating group) is 1. The number of halogens is 1. The Bertz CT molecular complexity index is 1160. The lowest BCUT2D eigenvalue weighted by molar-refractivity contribution is -0.144. The van der Waals surface area contributed by atoms with Gasteiger partial charge in [-0.1, -0.05) is 12.1 Å². The summed E-state index contributed by atoms with van der Waals surface area (Å²) in [4.78, 5) is 28.4. The van der Waals surface area contributed by atoms with Crippen LogP contribution in [0.15, 0.2) is 41.3 Å². The second-order valence-corrected chi connectivity index (χ2v) is 10.2. The number of fused-ring (bicyclic) bond motifs is 1. The van der Waals surface area contributed by atoms with Crippen LogP contribution in [-0.2, 0) is 20.9 Å². The van der Waals surface area contributed by atoms with Gasteiger partial charge in [0.25, 0.3) is 5.91 Å². The molecule has 0 radical (unpaired) electrons. The highest BCUT2D eigenvalue weighted by atomic mass is 32.2. The van der Waals surface area contributed by atoms with Gasteiger partial charge in [-0.2, -0.15) is 0 Å². The van der Waals surface area contributed by atoms with E-state index in [-0.39, 0.29) is 23.7 Å². The van der Waals surface area contributed by atoms with Gasteiger partial charge in [0.2, 0.25) is 0 Å². The zero-order valence-electron chi connectivity index (χ0n) is 19.3. The van der Waals surface area contributed by atoms with Gasteiger partial charge in [-0.15, -0.1) is 11.8 Å². The highest BCUT2D eigenvalue weighted by molar-refractivity contribution is 8.04. The van der Waals surface area contributed by atoms with Crippen molar-refractivity contribution in [1.29, 1.82) is 0 Å². The van der Waals surface area contributed by atoms with Gasteiger partial charge in [0.05, 0.1) is 18.5 Å². The van der Waals surface area contributed by atoms with E-state index in [1.54, 1.807) is 18.0 Å². The molecule has 0 fully saturated rings. The van der Waals surface area contributed by atoms with Crippen LogP contribution in [0.1, 0.15) is 32.8 Å². The average molecular weight is 471 g/mol. The van der Waals surface area contributed by atoms with E-state index in [0.717, 1.165) is 10.6 Å². The molecule has 0 aromatic heterocycles. The van der Waals surface area contributed by atoms with Crippen molar-refractivity contribution in [3.8, 4) is 16.9 Å². The number of ether oxygens (including phenoxy) is 2. The molecule has 2 aliphatic heterocycles. The van der Waals surface area contributed by atoms with Crippen molar-refractivity contribution in [1.82, 2.24) is 0 Å². The zero-order chi connectivity index (χ0) is 23.9. The number of amides is 1. The molecular formula is C25H27FN2O4S. The van der Waals surface area contributed by atoms with Crippen molar-refractivity contribution in [2.45, 2.75) is 44.6 Å². The number of allylic oxidation sites excluding steroid dienone is 2. The Hall–Kier alpha value is -3.00. The van der Waals surface area contributed by atoms with Gasteiger partial charge in [-0.25, -0.2) is 4.39 Å². The maximum atomic E-state index is 14.2. The van der Waals surface area contributed by atoms with Gasteiger partial charge in [0.1, 0.15) is 29.0 Å². The highest BCUT2D eigenvalue weighted by Crippen LogP contribution is 2.44. The van der Waals surface area contributed by atoms with Crippen LogP contribution >= 0.6 is 11.8 Å². The van der Waals surface area contributed by atoms with Gasteiger partial charge in [0, 0.05) is 18.2 Å². The lowest BCUT2D eigenvalue weighted by Gasteiger charge is -2.39. The Balaban J connectivity index is 1.80. The van der Waals surface area contributed by atoms with Crippen molar-refractivity contribution >= 4 is 35.0 Å². The monoisotopic (exact) mass is 470 g/mol. The summed E-state index contributed by atoms with van der Waals surface area (Å²) in [6.07, 6.45) is 2.64. The summed E-state index contributed by atoms with van der Waals surface area (Å²) in [5, 5.41) is 2.99. The first-order valence-corrected chi connectivity index (χ1v) is 11.6. The van der Waals surface area contributed by atoms with Crippen molar-refractivity contribution in [3.63, 3.8) is 0 Å². The third kappa shape index (κ3) is 4.31. The Kier molecular flexibility index (Phi) is 6.14. The van der Waals surface area contributed by atoms with Crippen LogP contribution in [0.2, 0.25) is 0 Å². The molecule has 1 atom stereocenters. The number of nitrogens with zero attached hydrogens (tertiary/aromatic N) is 1. The van der Waals surface area contributed by atoms with Crippen LogP contribution in [0.5, 0.6) is 5.75 Å². The van der Waals surface area contributed by atoms with E-state index in [1.807, 2.05) is 39.0 Å². The molecule has 1 N–H and O–H groups in total. The molecule has 2 aliphatic rings. The number of rotatable bonds is 5. The molecule has 1 amide bonds. The van der Waals surface area contributed by atoms with E-state index in [9.17, 15) is 14.0 Å². The second-order valence-electron chi connectivity index (χ2n) is 8.71. The van der Waals surface area contributed by atoms with Gasteiger partial charge in [0.15, 0.2) is 0 Å². The molecular weight excluding hydrogens is 443 g/mol. The topological polar surface area (TPSA) is 67.9 Å². The molecule has 0 bridgehead atoms. The summed E-state index contributed by atoms with van der Waals surface area (Å²) in [6, 6.07) is 7.95. The van der Waals surface area contributed by atoms with E-state index >= 15 is 0 Å². The van der Waals surface area contributed by atoms with Crippen molar-refractivity contribution < 1.29 is 23.5 Å². The lowest BCUT2D eigenvalue weighted by atomic mass is 9.92. The molecule has 174 valence electrons. The molecule has 4 rings (SSSR count). The standard InChI is InChI=1S/C25H27FN2O4S/c1-14-6-11-21(33-14)23(29)32-13-18-16(17-12-15(26)7-10-20(17)31-5)8-9-19-22(18)28(4)24(30)25(2,3)27-19/h6-10,12,21,27H,11,13H2,1-5H3. The fourth-order valence-corrected chi connectivity index (χ4v) is 5.29. The molecule has 33 heavy (non-hydrogen) atoms. The third-order valence-electron chi connectivity index (χ3n) is 5.93. The Labute approximate surface area is 197 Å². The third-order valence-corrected chi connectivity index (χ3v) is 7.13.